The van der Waals surface area contributed by atoms with Crippen molar-refractivity contribution in [2.45, 2.75) is 19.3 Å². The third kappa shape index (κ3) is 6.98. The van der Waals surface area contributed by atoms with Gasteiger partial charge in [0.25, 0.3) is 0 Å². The fourth-order valence-corrected chi connectivity index (χ4v) is 3.40. The highest BCUT2D eigenvalue weighted by Gasteiger charge is 2.22. The number of nitrogens with one attached hydrogen (secondary N) is 2. The standard InChI is InChI=1S/C19H30N4OS/c1-20-19(21-10-13-25-2)22-15-18(24)23-11-8-17(9-12-23)14-16-6-4-3-5-7-16/h3-7,17H,8-15H2,1-2H3,(H2,20,21,22). The Bertz CT molecular complexity index is 542. The van der Waals surface area contributed by atoms with E-state index in [1.165, 1.54) is 5.56 Å². The quantitative estimate of drug-likeness (QED) is 0.442. The second-order valence-corrected chi connectivity index (χ2v) is 7.34. The third-order valence-electron chi connectivity index (χ3n) is 4.56. The molecule has 2 N–H and O–H groups in total. The van der Waals surface area contributed by atoms with Crippen molar-refractivity contribution in [2.24, 2.45) is 10.9 Å². The van der Waals surface area contributed by atoms with Crippen LogP contribution >= 0.6 is 11.8 Å². The molecule has 1 saturated heterocycles. The van der Waals surface area contributed by atoms with E-state index in [0.29, 0.717) is 18.4 Å². The number of amides is 1. The van der Waals surface area contributed by atoms with Crippen molar-refractivity contribution in [3.63, 3.8) is 0 Å². The van der Waals surface area contributed by atoms with E-state index >= 15 is 0 Å². The lowest BCUT2D eigenvalue weighted by molar-refractivity contribution is -0.131. The van der Waals surface area contributed by atoms with Gasteiger partial charge >= 0.3 is 0 Å². The van der Waals surface area contributed by atoms with Crippen molar-refractivity contribution in [2.75, 3.05) is 45.2 Å². The highest BCUT2D eigenvalue weighted by molar-refractivity contribution is 7.98. The number of hydrogen-bond acceptors (Lipinski definition) is 3. The van der Waals surface area contributed by atoms with Crippen LogP contribution in [0.1, 0.15) is 18.4 Å². The van der Waals surface area contributed by atoms with Crippen molar-refractivity contribution < 1.29 is 4.79 Å². The monoisotopic (exact) mass is 362 g/mol. The lowest BCUT2D eigenvalue weighted by Gasteiger charge is -2.32. The van der Waals surface area contributed by atoms with E-state index in [9.17, 15) is 4.79 Å². The number of aliphatic imine (C=N–C) groups is 1. The largest absolute Gasteiger partial charge is 0.356 e. The molecule has 0 saturated carbocycles. The predicted octanol–water partition coefficient (Wildman–Crippen LogP) is 2.00. The number of likely N-dealkylation sites (tertiary alicyclic amines) is 1. The molecule has 2 rings (SSSR count). The van der Waals surface area contributed by atoms with Gasteiger partial charge in [-0.2, -0.15) is 11.8 Å². The first-order valence-electron chi connectivity index (χ1n) is 8.98. The van der Waals surface area contributed by atoms with E-state index < -0.39 is 0 Å². The number of carbonyl (C=O) groups excluding carboxylic acids is 1. The summed E-state index contributed by atoms with van der Waals surface area (Å²) >= 11 is 1.78. The summed E-state index contributed by atoms with van der Waals surface area (Å²) in [5.74, 6) is 2.55. The minimum atomic E-state index is 0.158. The van der Waals surface area contributed by atoms with Gasteiger partial charge in [-0.3, -0.25) is 9.79 Å². The molecule has 1 aliphatic heterocycles. The number of benzene rings is 1. The Balaban J connectivity index is 1.68. The van der Waals surface area contributed by atoms with E-state index in [-0.39, 0.29) is 5.91 Å². The number of thioether (sulfide) groups is 1. The number of piperidine rings is 1. The van der Waals surface area contributed by atoms with Gasteiger partial charge in [-0.25, -0.2) is 0 Å². The SMILES string of the molecule is CN=C(NCCSC)NCC(=O)N1CCC(Cc2ccccc2)CC1. The zero-order chi connectivity index (χ0) is 17.9. The third-order valence-corrected chi connectivity index (χ3v) is 5.18. The van der Waals surface area contributed by atoms with Crippen LogP contribution in [-0.4, -0.2) is 62.0 Å². The lowest BCUT2D eigenvalue weighted by Crippen LogP contribution is -2.47. The summed E-state index contributed by atoms with van der Waals surface area (Å²) in [4.78, 5) is 18.5. The van der Waals surface area contributed by atoms with Crippen molar-refractivity contribution in [1.29, 1.82) is 0 Å². The van der Waals surface area contributed by atoms with E-state index in [1.54, 1.807) is 18.8 Å². The molecule has 25 heavy (non-hydrogen) atoms. The van der Waals surface area contributed by atoms with E-state index in [4.69, 9.17) is 0 Å². The molecule has 0 radical (unpaired) electrons. The van der Waals surface area contributed by atoms with Gasteiger partial charge in [0.1, 0.15) is 0 Å². The number of carbonyl (C=O) groups is 1. The van der Waals surface area contributed by atoms with E-state index in [0.717, 1.165) is 44.6 Å². The fourth-order valence-electron chi connectivity index (χ4n) is 3.10. The first-order valence-corrected chi connectivity index (χ1v) is 10.4. The predicted molar refractivity (Wildman–Crippen MR) is 107 cm³/mol. The summed E-state index contributed by atoms with van der Waals surface area (Å²) in [6, 6.07) is 10.6. The Labute approximate surface area is 155 Å². The average Bonchev–Trinajstić information content (AvgIpc) is 2.66. The Morgan fingerprint density at radius 1 is 1.24 bits per heavy atom. The van der Waals surface area contributed by atoms with Crippen LogP contribution in [0.2, 0.25) is 0 Å². The molecule has 0 unspecified atom stereocenters. The maximum atomic E-state index is 12.4. The van der Waals surface area contributed by atoms with Gasteiger partial charge < -0.3 is 15.5 Å². The lowest BCUT2D eigenvalue weighted by atomic mass is 9.90. The summed E-state index contributed by atoms with van der Waals surface area (Å²) in [5, 5.41) is 6.33. The molecule has 6 heteroatoms. The van der Waals surface area contributed by atoms with E-state index in [1.807, 2.05) is 4.90 Å². The smallest absolute Gasteiger partial charge is 0.241 e. The molecule has 0 bridgehead atoms. The van der Waals surface area contributed by atoms with Crippen LogP contribution < -0.4 is 10.6 Å². The van der Waals surface area contributed by atoms with Gasteiger partial charge in [0.05, 0.1) is 6.54 Å². The first kappa shape index (κ1) is 19.6. The molecule has 5 nitrogen and oxygen atoms in total. The summed E-state index contributed by atoms with van der Waals surface area (Å²) < 4.78 is 0. The van der Waals surface area contributed by atoms with E-state index in [2.05, 4.69) is 52.2 Å². The zero-order valence-electron chi connectivity index (χ0n) is 15.3. The summed E-state index contributed by atoms with van der Waals surface area (Å²) in [6.07, 6.45) is 5.36. The Kier molecular flexibility index (Phi) is 8.66. The minimum absolute atomic E-state index is 0.158. The van der Waals surface area contributed by atoms with Crippen LogP contribution in [0.5, 0.6) is 0 Å². The Morgan fingerprint density at radius 2 is 1.96 bits per heavy atom. The van der Waals surface area contributed by atoms with Crippen LogP contribution in [-0.2, 0) is 11.2 Å². The molecule has 1 fully saturated rings. The maximum absolute atomic E-state index is 12.4. The summed E-state index contributed by atoms with van der Waals surface area (Å²) in [7, 11) is 1.73. The van der Waals surface area contributed by atoms with Crippen LogP contribution in [0.25, 0.3) is 0 Å². The zero-order valence-corrected chi connectivity index (χ0v) is 16.1. The van der Waals surface area contributed by atoms with Gasteiger partial charge in [0.2, 0.25) is 5.91 Å². The second-order valence-electron chi connectivity index (χ2n) is 6.36. The van der Waals surface area contributed by atoms with Crippen LogP contribution in [0.15, 0.2) is 35.3 Å². The van der Waals surface area contributed by atoms with Crippen molar-refractivity contribution in [1.82, 2.24) is 15.5 Å². The molecule has 0 spiro atoms. The molecule has 1 amide bonds. The van der Waals surface area contributed by atoms with Crippen molar-refractivity contribution >= 4 is 23.6 Å². The summed E-state index contributed by atoms with van der Waals surface area (Å²) in [6.45, 7) is 2.87. The van der Waals surface area contributed by atoms with Gasteiger partial charge in [-0.15, -0.1) is 0 Å². The van der Waals surface area contributed by atoms with Gasteiger partial charge in [0, 0.05) is 32.4 Å². The maximum Gasteiger partial charge on any atom is 0.241 e. The van der Waals surface area contributed by atoms with Gasteiger partial charge in [-0.1, -0.05) is 30.3 Å². The first-order chi connectivity index (χ1) is 12.2. The second kappa shape index (κ2) is 11.0. The van der Waals surface area contributed by atoms with Gasteiger partial charge in [0.15, 0.2) is 5.96 Å². The number of hydrogen-bond donors (Lipinski definition) is 2. The Hall–Kier alpha value is -1.69. The number of rotatable bonds is 7. The molecule has 1 aliphatic rings. The minimum Gasteiger partial charge on any atom is -0.356 e. The van der Waals surface area contributed by atoms with Crippen LogP contribution in [0.3, 0.4) is 0 Å². The normalized spacial score (nSPS) is 15.9. The molecule has 0 aliphatic carbocycles. The molecule has 0 atom stereocenters. The average molecular weight is 363 g/mol. The molecule has 1 aromatic carbocycles. The number of nitrogens with zero attached hydrogens (tertiary/aromatic N) is 2. The topological polar surface area (TPSA) is 56.7 Å². The van der Waals surface area contributed by atoms with Crippen molar-refractivity contribution in [3.05, 3.63) is 35.9 Å². The van der Waals surface area contributed by atoms with Crippen LogP contribution in [0.4, 0.5) is 0 Å². The van der Waals surface area contributed by atoms with Crippen molar-refractivity contribution in [3.8, 4) is 0 Å². The number of guanidine groups is 1. The summed E-state index contributed by atoms with van der Waals surface area (Å²) in [5.41, 5.74) is 1.40. The molecular weight excluding hydrogens is 332 g/mol. The molecule has 138 valence electrons. The molecule has 1 aromatic rings. The highest BCUT2D eigenvalue weighted by atomic mass is 32.2. The molecule has 0 aromatic heterocycles. The molecule has 1 heterocycles. The van der Waals surface area contributed by atoms with Crippen LogP contribution in [0, 0.1) is 5.92 Å². The molecular formula is C19H30N4OS. The fraction of sp³-hybridized carbons (Fsp3) is 0.579. The Morgan fingerprint density at radius 3 is 2.60 bits per heavy atom. The van der Waals surface area contributed by atoms with Gasteiger partial charge in [-0.05, 0) is 37.0 Å². The highest BCUT2D eigenvalue weighted by Crippen LogP contribution is 2.21.